The van der Waals surface area contributed by atoms with Gasteiger partial charge in [-0.2, -0.15) is 0 Å². The van der Waals surface area contributed by atoms with Crippen LogP contribution in [0.15, 0.2) is 48.5 Å². The number of anilines is 1. The third-order valence-corrected chi connectivity index (χ3v) is 4.54. The number of ether oxygens (including phenoxy) is 4. The van der Waals surface area contributed by atoms with Crippen LogP contribution in [0.25, 0.3) is 0 Å². The molecule has 2 aromatic carbocycles. The highest BCUT2D eigenvalue weighted by molar-refractivity contribution is 5.84. The zero-order chi connectivity index (χ0) is 19.1. The summed E-state index contributed by atoms with van der Waals surface area (Å²) in [5.41, 5.74) is 1.83. The molecule has 1 fully saturated rings. The molecule has 0 spiro atoms. The van der Waals surface area contributed by atoms with Gasteiger partial charge < -0.3 is 18.9 Å². The first-order chi connectivity index (χ1) is 13.1. The lowest BCUT2D eigenvalue weighted by Gasteiger charge is -2.18. The molecule has 144 valence electrons. The Balaban J connectivity index is 1.48. The van der Waals surface area contributed by atoms with E-state index in [4.69, 9.17) is 14.2 Å². The molecule has 0 aromatic heterocycles. The van der Waals surface area contributed by atoms with Gasteiger partial charge in [-0.1, -0.05) is 12.1 Å². The summed E-state index contributed by atoms with van der Waals surface area (Å²) in [7, 11) is 3.01. The second kappa shape index (κ2) is 8.77. The zero-order valence-corrected chi connectivity index (χ0v) is 15.7. The van der Waals surface area contributed by atoms with Crippen LogP contribution in [0.5, 0.6) is 11.5 Å². The van der Waals surface area contributed by atoms with Crippen LogP contribution < -0.4 is 14.8 Å². The van der Waals surface area contributed by atoms with Gasteiger partial charge in [-0.15, -0.1) is 0 Å². The predicted molar refractivity (Wildman–Crippen MR) is 102 cm³/mol. The molecule has 1 N–H and O–H groups in total. The summed E-state index contributed by atoms with van der Waals surface area (Å²) >= 11 is 0. The summed E-state index contributed by atoms with van der Waals surface area (Å²) in [6.07, 6.45) is 1.69. The average Bonchev–Trinajstić information content (AvgIpc) is 3.47. The Hall–Kier alpha value is -2.73. The molecule has 6 nitrogen and oxygen atoms in total. The third-order valence-electron chi connectivity index (χ3n) is 4.54. The number of amides is 1. The van der Waals surface area contributed by atoms with Gasteiger partial charge in [0.25, 0.3) is 0 Å². The van der Waals surface area contributed by atoms with Crippen molar-refractivity contribution in [3.05, 3.63) is 54.1 Å². The second-order valence-corrected chi connectivity index (χ2v) is 6.80. The lowest BCUT2D eigenvalue weighted by Crippen LogP contribution is -2.21. The van der Waals surface area contributed by atoms with Gasteiger partial charge in [0.2, 0.25) is 0 Å². The molecule has 0 aliphatic heterocycles. The number of nitrogens with one attached hydrogen (secondary N) is 1. The van der Waals surface area contributed by atoms with Crippen molar-refractivity contribution < 1.29 is 23.7 Å². The minimum Gasteiger partial charge on any atom is -0.493 e. The highest BCUT2D eigenvalue weighted by Gasteiger charge is 2.44. The van der Waals surface area contributed by atoms with Gasteiger partial charge in [-0.05, 0) is 54.8 Å². The minimum atomic E-state index is -0.493. The van der Waals surface area contributed by atoms with Gasteiger partial charge in [0, 0.05) is 18.2 Å². The van der Waals surface area contributed by atoms with E-state index < -0.39 is 6.09 Å². The van der Waals surface area contributed by atoms with Crippen molar-refractivity contribution in [3.8, 4) is 11.5 Å². The standard InChI is InChI=1S/C21H25NO5/c1-24-13-16-4-3-5-19(12-16)27-15-21(10-11-21)14-26-18-8-6-17(7-9-18)22-20(23)25-2/h3-9,12H,10-11,13-15H2,1-2H3,(H,22,23). The van der Waals surface area contributed by atoms with E-state index >= 15 is 0 Å². The van der Waals surface area contributed by atoms with Crippen LogP contribution in [0.1, 0.15) is 18.4 Å². The van der Waals surface area contributed by atoms with Crippen LogP contribution in [0.4, 0.5) is 10.5 Å². The predicted octanol–water partition coefficient (Wildman–Crippen LogP) is 4.25. The fourth-order valence-corrected chi connectivity index (χ4v) is 2.68. The Morgan fingerprint density at radius 3 is 2.33 bits per heavy atom. The number of hydrogen-bond donors (Lipinski definition) is 1. The molecule has 27 heavy (non-hydrogen) atoms. The summed E-state index contributed by atoms with van der Waals surface area (Å²) in [4.78, 5) is 11.2. The molecule has 1 aliphatic carbocycles. The molecule has 1 aliphatic rings. The van der Waals surface area contributed by atoms with Crippen molar-refractivity contribution in [3.63, 3.8) is 0 Å². The zero-order valence-electron chi connectivity index (χ0n) is 15.7. The van der Waals surface area contributed by atoms with E-state index in [1.165, 1.54) is 7.11 Å². The van der Waals surface area contributed by atoms with E-state index in [-0.39, 0.29) is 5.41 Å². The number of hydrogen-bond acceptors (Lipinski definition) is 5. The van der Waals surface area contributed by atoms with E-state index in [2.05, 4.69) is 10.1 Å². The molecular formula is C21H25NO5. The van der Waals surface area contributed by atoms with E-state index in [1.54, 1.807) is 19.2 Å². The van der Waals surface area contributed by atoms with Gasteiger partial charge >= 0.3 is 6.09 Å². The molecule has 0 unspecified atom stereocenters. The SMILES string of the molecule is COCc1cccc(OCC2(COc3ccc(NC(=O)OC)cc3)CC2)c1. The molecular weight excluding hydrogens is 346 g/mol. The van der Waals surface area contributed by atoms with Crippen LogP contribution in [0.3, 0.4) is 0 Å². The van der Waals surface area contributed by atoms with Crippen molar-refractivity contribution in [2.24, 2.45) is 5.41 Å². The van der Waals surface area contributed by atoms with Gasteiger partial charge in [0.05, 0.1) is 26.9 Å². The fraction of sp³-hybridized carbons (Fsp3) is 0.381. The monoisotopic (exact) mass is 371 g/mol. The van der Waals surface area contributed by atoms with E-state index in [9.17, 15) is 4.79 Å². The summed E-state index contributed by atoms with van der Waals surface area (Å²) in [6, 6.07) is 15.2. The lowest BCUT2D eigenvalue weighted by atomic mass is 10.1. The molecule has 2 aromatic rings. The maximum atomic E-state index is 11.2. The van der Waals surface area contributed by atoms with Crippen molar-refractivity contribution in [1.29, 1.82) is 0 Å². The maximum absolute atomic E-state index is 11.2. The van der Waals surface area contributed by atoms with Crippen LogP contribution in [0, 0.1) is 5.41 Å². The van der Waals surface area contributed by atoms with Crippen LogP contribution in [-0.2, 0) is 16.1 Å². The smallest absolute Gasteiger partial charge is 0.411 e. The van der Waals surface area contributed by atoms with E-state index in [0.717, 1.165) is 29.9 Å². The number of carbonyl (C=O) groups excluding carboxylic acids is 1. The Morgan fingerprint density at radius 2 is 1.70 bits per heavy atom. The molecule has 1 saturated carbocycles. The van der Waals surface area contributed by atoms with Gasteiger partial charge in [0.1, 0.15) is 11.5 Å². The first kappa shape index (κ1) is 19.0. The third kappa shape index (κ3) is 5.62. The summed E-state index contributed by atoms with van der Waals surface area (Å²) < 4.78 is 21.6. The number of benzene rings is 2. The summed E-state index contributed by atoms with van der Waals surface area (Å²) in [5.74, 6) is 1.62. The van der Waals surface area contributed by atoms with Crippen LogP contribution >= 0.6 is 0 Å². The van der Waals surface area contributed by atoms with Crippen LogP contribution in [-0.4, -0.2) is 33.5 Å². The normalized spacial score (nSPS) is 14.3. The molecule has 1 amide bonds. The molecule has 0 heterocycles. The first-order valence-electron chi connectivity index (χ1n) is 8.91. The number of rotatable bonds is 9. The Labute approximate surface area is 159 Å². The van der Waals surface area contributed by atoms with E-state index in [1.807, 2.05) is 36.4 Å². The molecule has 6 heteroatoms. The quantitative estimate of drug-likeness (QED) is 0.714. The largest absolute Gasteiger partial charge is 0.493 e. The van der Waals surface area contributed by atoms with Gasteiger partial charge in [-0.25, -0.2) is 4.79 Å². The maximum Gasteiger partial charge on any atom is 0.411 e. The molecule has 0 radical (unpaired) electrons. The lowest BCUT2D eigenvalue weighted by molar-refractivity contribution is 0.159. The van der Waals surface area contributed by atoms with Crippen molar-refractivity contribution in [2.45, 2.75) is 19.4 Å². The van der Waals surface area contributed by atoms with Gasteiger partial charge in [0.15, 0.2) is 0 Å². The topological polar surface area (TPSA) is 66.0 Å². The Bertz CT molecular complexity index is 755. The minimum absolute atomic E-state index is 0.0696. The van der Waals surface area contributed by atoms with Crippen molar-refractivity contribution in [2.75, 3.05) is 32.8 Å². The summed E-state index contributed by atoms with van der Waals surface area (Å²) in [6.45, 7) is 1.81. The molecule has 0 saturated heterocycles. The second-order valence-electron chi connectivity index (χ2n) is 6.80. The molecule has 0 atom stereocenters. The Morgan fingerprint density at radius 1 is 1.00 bits per heavy atom. The van der Waals surface area contributed by atoms with Crippen molar-refractivity contribution in [1.82, 2.24) is 0 Å². The fourth-order valence-electron chi connectivity index (χ4n) is 2.68. The average molecular weight is 371 g/mol. The first-order valence-corrected chi connectivity index (χ1v) is 8.91. The van der Waals surface area contributed by atoms with Gasteiger partial charge in [-0.3, -0.25) is 5.32 Å². The highest BCUT2D eigenvalue weighted by Crippen LogP contribution is 2.46. The van der Waals surface area contributed by atoms with Crippen molar-refractivity contribution >= 4 is 11.8 Å². The van der Waals surface area contributed by atoms with E-state index in [0.29, 0.717) is 25.5 Å². The Kier molecular flexibility index (Phi) is 6.19. The van der Waals surface area contributed by atoms with Crippen LogP contribution in [0.2, 0.25) is 0 Å². The molecule has 3 rings (SSSR count). The summed E-state index contributed by atoms with van der Waals surface area (Å²) in [5, 5.41) is 2.61. The molecule has 0 bridgehead atoms. The number of carbonyl (C=O) groups is 1. The highest BCUT2D eigenvalue weighted by atomic mass is 16.5. The number of methoxy groups -OCH3 is 2.